The third-order valence-electron chi connectivity index (χ3n) is 3.03. The first kappa shape index (κ1) is 12.0. The molecule has 0 aliphatic carbocycles. The lowest BCUT2D eigenvalue weighted by Crippen LogP contribution is -2.48. The van der Waals surface area contributed by atoms with Crippen LogP contribution in [0.5, 0.6) is 0 Å². The van der Waals surface area contributed by atoms with E-state index in [1.165, 1.54) is 6.07 Å². The van der Waals surface area contributed by atoms with Crippen molar-refractivity contribution >= 4 is 0 Å². The predicted octanol–water partition coefficient (Wildman–Crippen LogP) is 1.49. The van der Waals surface area contributed by atoms with Gasteiger partial charge in [-0.2, -0.15) is 5.26 Å². The van der Waals surface area contributed by atoms with Gasteiger partial charge < -0.3 is 5.32 Å². The van der Waals surface area contributed by atoms with Gasteiger partial charge in [0.25, 0.3) is 0 Å². The summed E-state index contributed by atoms with van der Waals surface area (Å²) >= 11 is 0. The van der Waals surface area contributed by atoms with Gasteiger partial charge in [-0.1, -0.05) is 6.07 Å². The molecule has 17 heavy (non-hydrogen) atoms. The van der Waals surface area contributed by atoms with Crippen LogP contribution in [0.15, 0.2) is 18.2 Å². The van der Waals surface area contributed by atoms with E-state index in [1.807, 2.05) is 6.07 Å². The molecule has 0 saturated carbocycles. The molecule has 1 aromatic rings. The number of halogens is 1. The Bertz CT molecular complexity index is 439. The van der Waals surface area contributed by atoms with Gasteiger partial charge in [-0.25, -0.2) is 4.39 Å². The maximum absolute atomic E-state index is 13.7. The van der Waals surface area contributed by atoms with Gasteiger partial charge in [0.15, 0.2) is 0 Å². The van der Waals surface area contributed by atoms with Gasteiger partial charge in [0.2, 0.25) is 0 Å². The lowest BCUT2D eigenvalue weighted by Gasteiger charge is -2.31. The first-order valence-electron chi connectivity index (χ1n) is 5.83. The minimum absolute atomic E-state index is 0.282. The van der Waals surface area contributed by atoms with Gasteiger partial charge in [0.05, 0.1) is 11.6 Å². The Morgan fingerprint density at radius 1 is 1.59 bits per heavy atom. The molecule has 1 N–H and O–H groups in total. The van der Waals surface area contributed by atoms with Crippen molar-refractivity contribution in [1.29, 1.82) is 5.26 Å². The van der Waals surface area contributed by atoms with Crippen LogP contribution in [0.2, 0.25) is 0 Å². The van der Waals surface area contributed by atoms with Crippen LogP contribution in [-0.4, -0.2) is 30.6 Å². The second kappa shape index (κ2) is 5.26. The van der Waals surface area contributed by atoms with E-state index in [1.54, 1.807) is 12.1 Å². The summed E-state index contributed by atoms with van der Waals surface area (Å²) in [6, 6.07) is 7.08. The van der Waals surface area contributed by atoms with E-state index in [0.717, 1.165) is 19.6 Å². The SMILES string of the molecule is C[C@@H]1CN(Cc2ccc(C#N)cc2F)CCN1. The summed E-state index contributed by atoms with van der Waals surface area (Å²) in [5, 5.41) is 12.0. The minimum Gasteiger partial charge on any atom is -0.312 e. The zero-order chi connectivity index (χ0) is 12.3. The maximum atomic E-state index is 13.7. The van der Waals surface area contributed by atoms with Gasteiger partial charge in [-0.05, 0) is 19.1 Å². The summed E-state index contributed by atoms with van der Waals surface area (Å²) in [7, 11) is 0. The molecule has 1 aliphatic heterocycles. The van der Waals surface area contributed by atoms with E-state index in [-0.39, 0.29) is 5.82 Å². The van der Waals surface area contributed by atoms with Crippen LogP contribution in [0.25, 0.3) is 0 Å². The van der Waals surface area contributed by atoms with Gasteiger partial charge in [-0.15, -0.1) is 0 Å². The van der Waals surface area contributed by atoms with Gasteiger partial charge in [0.1, 0.15) is 5.82 Å². The molecule has 2 rings (SSSR count). The highest BCUT2D eigenvalue weighted by Gasteiger charge is 2.16. The van der Waals surface area contributed by atoms with Crippen molar-refractivity contribution in [2.45, 2.75) is 19.5 Å². The zero-order valence-corrected chi connectivity index (χ0v) is 9.91. The standard InChI is InChI=1S/C13H16FN3/c1-10-8-17(5-4-16-10)9-12-3-2-11(7-15)6-13(12)14/h2-3,6,10,16H,4-5,8-9H2,1H3/t10-/m1/s1. The predicted molar refractivity (Wildman–Crippen MR) is 63.9 cm³/mol. The summed E-state index contributed by atoms with van der Waals surface area (Å²) in [4.78, 5) is 2.23. The summed E-state index contributed by atoms with van der Waals surface area (Å²) in [6.45, 7) is 5.55. The fourth-order valence-electron chi connectivity index (χ4n) is 2.14. The third-order valence-corrected chi connectivity index (χ3v) is 3.03. The second-order valence-corrected chi connectivity index (χ2v) is 4.51. The Kier molecular flexibility index (Phi) is 3.72. The quantitative estimate of drug-likeness (QED) is 0.841. The number of nitrogens with zero attached hydrogens (tertiary/aromatic N) is 2. The number of rotatable bonds is 2. The molecule has 0 aromatic heterocycles. The Balaban J connectivity index is 2.06. The highest BCUT2D eigenvalue weighted by atomic mass is 19.1. The lowest BCUT2D eigenvalue weighted by atomic mass is 10.1. The van der Waals surface area contributed by atoms with Crippen LogP contribution in [0, 0.1) is 17.1 Å². The highest BCUT2D eigenvalue weighted by Crippen LogP contribution is 2.13. The molecule has 0 amide bonds. The smallest absolute Gasteiger partial charge is 0.129 e. The number of nitriles is 1. The number of benzene rings is 1. The molecule has 1 atom stereocenters. The Morgan fingerprint density at radius 2 is 2.41 bits per heavy atom. The monoisotopic (exact) mass is 233 g/mol. The van der Waals surface area contributed by atoms with Crippen LogP contribution in [-0.2, 0) is 6.54 Å². The van der Waals surface area contributed by atoms with Gasteiger partial charge >= 0.3 is 0 Å². The fourth-order valence-corrected chi connectivity index (χ4v) is 2.14. The van der Waals surface area contributed by atoms with Crippen molar-refractivity contribution in [2.24, 2.45) is 0 Å². The molecule has 1 aliphatic rings. The molecular formula is C13H16FN3. The minimum atomic E-state index is -0.282. The average Bonchev–Trinajstić information content (AvgIpc) is 2.32. The van der Waals surface area contributed by atoms with Crippen molar-refractivity contribution in [3.63, 3.8) is 0 Å². The van der Waals surface area contributed by atoms with Crippen LogP contribution in [0.1, 0.15) is 18.1 Å². The molecule has 0 bridgehead atoms. The second-order valence-electron chi connectivity index (χ2n) is 4.51. The van der Waals surface area contributed by atoms with E-state index < -0.39 is 0 Å². The molecule has 1 fully saturated rings. The van der Waals surface area contributed by atoms with E-state index in [2.05, 4.69) is 17.1 Å². The van der Waals surface area contributed by atoms with Gasteiger partial charge in [-0.3, -0.25) is 4.90 Å². The molecule has 1 aromatic carbocycles. The van der Waals surface area contributed by atoms with E-state index in [9.17, 15) is 4.39 Å². The van der Waals surface area contributed by atoms with E-state index >= 15 is 0 Å². The molecule has 0 radical (unpaired) electrons. The van der Waals surface area contributed by atoms with Crippen LogP contribution < -0.4 is 5.32 Å². The third kappa shape index (κ3) is 3.02. The molecule has 0 spiro atoms. The Morgan fingerprint density at radius 3 is 3.06 bits per heavy atom. The summed E-state index contributed by atoms with van der Waals surface area (Å²) in [6.07, 6.45) is 0. The van der Waals surface area contributed by atoms with E-state index in [4.69, 9.17) is 5.26 Å². The molecule has 3 nitrogen and oxygen atoms in total. The Labute approximate surface area is 101 Å². The first-order valence-corrected chi connectivity index (χ1v) is 5.83. The summed E-state index contributed by atoms with van der Waals surface area (Å²) in [5.41, 5.74) is 1.04. The molecule has 1 saturated heterocycles. The molecule has 4 heteroatoms. The van der Waals surface area contributed by atoms with Crippen molar-refractivity contribution in [1.82, 2.24) is 10.2 Å². The fraction of sp³-hybridized carbons (Fsp3) is 0.462. The van der Waals surface area contributed by atoms with Crippen LogP contribution in [0.3, 0.4) is 0 Å². The number of piperazine rings is 1. The van der Waals surface area contributed by atoms with Crippen LogP contribution in [0.4, 0.5) is 4.39 Å². The zero-order valence-electron chi connectivity index (χ0n) is 9.91. The molecule has 1 heterocycles. The number of nitrogens with one attached hydrogen (secondary N) is 1. The highest BCUT2D eigenvalue weighted by molar-refractivity contribution is 5.32. The number of hydrogen-bond acceptors (Lipinski definition) is 3. The maximum Gasteiger partial charge on any atom is 0.129 e. The topological polar surface area (TPSA) is 39.1 Å². The van der Waals surface area contributed by atoms with Crippen molar-refractivity contribution in [3.8, 4) is 6.07 Å². The normalized spacial score (nSPS) is 21.1. The van der Waals surface area contributed by atoms with E-state index in [0.29, 0.717) is 23.7 Å². The largest absolute Gasteiger partial charge is 0.312 e. The molecule has 90 valence electrons. The molecular weight excluding hydrogens is 217 g/mol. The van der Waals surface area contributed by atoms with Gasteiger partial charge in [0, 0.05) is 37.8 Å². The number of hydrogen-bond donors (Lipinski definition) is 1. The summed E-state index contributed by atoms with van der Waals surface area (Å²) in [5.74, 6) is -0.282. The van der Waals surface area contributed by atoms with Crippen molar-refractivity contribution in [2.75, 3.05) is 19.6 Å². The molecule has 0 unspecified atom stereocenters. The lowest BCUT2D eigenvalue weighted by molar-refractivity contribution is 0.197. The summed E-state index contributed by atoms with van der Waals surface area (Å²) < 4.78 is 13.7. The van der Waals surface area contributed by atoms with Crippen molar-refractivity contribution < 1.29 is 4.39 Å². The Hall–Kier alpha value is -1.44. The van der Waals surface area contributed by atoms with Crippen LogP contribution >= 0.6 is 0 Å². The van der Waals surface area contributed by atoms with Crippen molar-refractivity contribution in [3.05, 3.63) is 35.1 Å². The first-order chi connectivity index (χ1) is 8.19. The average molecular weight is 233 g/mol.